The zero-order chi connectivity index (χ0) is 16.2. The normalized spacial score (nSPS) is 11.5. The van der Waals surface area contributed by atoms with E-state index in [4.69, 9.17) is 9.73 Å². The highest BCUT2D eigenvalue weighted by molar-refractivity contribution is 6.01. The highest BCUT2D eigenvalue weighted by atomic mass is 16.5. The average molecular weight is 305 g/mol. The molecule has 4 heteroatoms. The lowest BCUT2D eigenvalue weighted by molar-refractivity contribution is 0.416. The highest BCUT2D eigenvalue weighted by Crippen LogP contribution is 2.27. The summed E-state index contributed by atoms with van der Waals surface area (Å²) in [5.74, 6) is 1.51. The molecule has 1 aromatic heterocycles. The Morgan fingerprint density at radius 2 is 1.70 bits per heavy atom. The standard InChI is InChI=1S/C19H19N3O/c1-14-13-22(21-15(14)2)19(16-9-5-4-6-10-16)20-17-11-7-8-12-18(17)23-3/h4-13H,1-3H3. The number of aryl methyl sites for hydroxylation is 2. The molecular formula is C19H19N3O. The Balaban J connectivity index is 2.18. The minimum absolute atomic E-state index is 0.738. The van der Waals surface area contributed by atoms with Crippen LogP contribution in [0.3, 0.4) is 0 Å². The quantitative estimate of drug-likeness (QED) is 0.539. The van der Waals surface area contributed by atoms with Gasteiger partial charge in [-0.1, -0.05) is 42.5 Å². The molecular weight excluding hydrogens is 286 g/mol. The average Bonchev–Trinajstić information content (AvgIpc) is 2.92. The zero-order valence-corrected chi connectivity index (χ0v) is 13.5. The van der Waals surface area contributed by atoms with Gasteiger partial charge in [-0.15, -0.1) is 0 Å². The van der Waals surface area contributed by atoms with E-state index in [-0.39, 0.29) is 0 Å². The van der Waals surface area contributed by atoms with Gasteiger partial charge in [-0.2, -0.15) is 5.10 Å². The summed E-state index contributed by atoms with van der Waals surface area (Å²) in [6, 6.07) is 17.8. The largest absolute Gasteiger partial charge is 0.494 e. The second-order valence-corrected chi connectivity index (χ2v) is 5.32. The molecule has 0 saturated carbocycles. The number of para-hydroxylation sites is 2. The van der Waals surface area contributed by atoms with E-state index in [0.717, 1.165) is 34.1 Å². The molecule has 0 bridgehead atoms. The molecule has 0 amide bonds. The zero-order valence-electron chi connectivity index (χ0n) is 13.5. The second kappa shape index (κ2) is 6.48. The molecule has 23 heavy (non-hydrogen) atoms. The van der Waals surface area contributed by atoms with Crippen LogP contribution in [0.2, 0.25) is 0 Å². The summed E-state index contributed by atoms with van der Waals surface area (Å²) in [5.41, 5.74) is 3.91. The first-order valence-electron chi connectivity index (χ1n) is 7.49. The van der Waals surface area contributed by atoms with E-state index in [0.29, 0.717) is 0 Å². The molecule has 3 rings (SSSR count). The van der Waals surface area contributed by atoms with E-state index in [9.17, 15) is 0 Å². The van der Waals surface area contributed by atoms with Crippen molar-refractivity contribution in [1.82, 2.24) is 9.78 Å². The summed E-state index contributed by atoms with van der Waals surface area (Å²) < 4.78 is 7.24. The van der Waals surface area contributed by atoms with Gasteiger partial charge in [0.25, 0.3) is 0 Å². The lowest BCUT2D eigenvalue weighted by Gasteiger charge is -2.09. The Labute approximate surface area is 136 Å². The van der Waals surface area contributed by atoms with Gasteiger partial charge in [-0.25, -0.2) is 9.67 Å². The third-order valence-electron chi connectivity index (χ3n) is 3.70. The van der Waals surface area contributed by atoms with Gasteiger partial charge in [-0.05, 0) is 31.5 Å². The van der Waals surface area contributed by atoms with Crippen molar-refractivity contribution in [2.24, 2.45) is 4.99 Å². The lowest BCUT2D eigenvalue weighted by atomic mass is 10.2. The molecule has 0 radical (unpaired) electrons. The van der Waals surface area contributed by atoms with E-state index >= 15 is 0 Å². The molecule has 0 aliphatic carbocycles. The summed E-state index contributed by atoms with van der Waals surface area (Å²) in [5, 5.41) is 4.58. The SMILES string of the molecule is COc1ccccc1N=C(c1ccccc1)n1cc(C)c(C)n1. The van der Waals surface area contributed by atoms with Crippen LogP contribution in [0.15, 0.2) is 65.8 Å². The van der Waals surface area contributed by atoms with Crippen molar-refractivity contribution in [2.75, 3.05) is 7.11 Å². The third-order valence-corrected chi connectivity index (χ3v) is 3.70. The molecule has 2 aromatic carbocycles. The Morgan fingerprint density at radius 3 is 2.35 bits per heavy atom. The number of aromatic nitrogens is 2. The summed E-state index contributed by atoms with van der Waals surface area (Å²) in [6.45, 7) is 4.04. The van der Waals surface area contributed by atoms with Gasteiger partial charge in [-0.3, -0.25) is 0 Å². The smallest absolute Gasteiger partial charge is 0.161 e. The fraction of sp³-hybridized carbons (Fsp3) is 0.158. The third kappa shape index (κ3) is 3.16. The minimum Gasteiger partial charge on any atom is -0.494 e. The Bertz CT molecular complexity index is 815. The van der Waals surface area contributed by atoms with Crippen LogP contribution >= 0.6 is 0 Å². The van der Waals surface area contributed by atoms with Crippen LogP contribution in [0.25, 0.3) is 0 Å². The van der Waals surface area contributed by atoms with Gasteiger partial charge >= 0.3 is 0 Å². The van der Waals surface area contributed by atoms with Crippen molar-refractivity contribution in [3.05, 3.63) is 77.6 Å². The number of rotatable bonds is 3. The summed E-state index contributed by atoms with van der Waals surface area (Å²) in [7, 11) is 1.65. The highest BCUT2D eigenvalue weighted by Gasteiger charge is 2.11. The number of ether oxygens (including phenoxy) is 1. The maximum absolute atomic E-state index is 5.41. The van der Waals surface area contributed by atoms with Gasteiger partial charge in [0.15, 0.2) is 5.84 Å². The lowest BCUT2D eigenvalue weighted by Crippen LogP contribution is -2.14. The maximum Gasteiger partial charge on any atom is 0.161 e. The molecule has 0 saturated heterocycles. The molecule has 116 valence electrons. The van der Waals surface area contributed by atoms with Crippen molar-refractivity contribution in [1.29, 1.82) is 0 Å². The second-order valence-electron chi connectivity index (χ2n) is 5.32. The van der Waals surface area contributed by atoms with Gasteiger partial charge in [0, 0.05) is 11.8 Å². The van der Waals surface area contributed by atoms with Gasteiger partial charge in [0.2, 0.25) is 0 Å². The maximum atomic E-state index is 5.41. The number of hydrogen-bond acceptors (Lipinski definition) is 3. The summed E-state index contributed by atoms with van der Waals surface area (Å²) in [4.78, 5) is 4.82. The van der Waals surface area contributed by atoms with Crippen molar-refractivity contribution in [2.45, 2.75) is 13.8 Å². The fourth-order valence-corrected chi connectivity index (χ4v) is 2.33. The van der Waals surface area contributed by atoms with E-state index in [2.05, 4.69) is 5.10 Å². The predicted molar refractivity (Wildman–Crippen MR) is 92.7 cm³/mol. The molecule has 0 unspecified atom stereocenters. The first-order chi connectivity index (χ1) is 11.2. The summed E-state index contributed by atoms with van der Waals surface area (Å²) >= 11 is 0. The van der Waals surface area contributed by atoms with Crippen LogP contribution in [0.5, 0.6) is 5.75 Å². The fourth-order valence-electron chi connectivity index (χ4n) is 2.33. The summed E-state index contributed by atoms with van der Waals surface area (Å²) in [6.07, 6.45) is 2.00. The number of nitrogens with zero attached hydrogens (tertiary/aromatic N) is 3. The molecule has 1 heterocycles. The van der Waals surface area contributed by atoms with E-state index in [1.807, 2.05) is 79.3 Å². The Kier molecular flexibility index (Phi) is 4.24. The van der Waals surface area contributed by atoms with Crippen LogP contribution in [0.1, 0.15) is 16.8 Å². The predicted octanol–water partition coefficient (Wildman–Crippen LogP) is 4.14. The van der Waals surface area contributed by atoms with E-state index in [1.165, 1.54) is 0 Å². The van der Waals surface area contributed by atoms with Gasteiger partial charge < -0.3 is 4.74 Å². The monoisotopic (exact) mass is 305 g/mol. The van der Waals surface area contributed by atoms with Gasteiger partial charge in [0.05, 0.1) is 12.8 Å². The number of benzene rings is 2. The van der Waals surface area contributed by atoms with Crippen LogP contribution < -0.4 is 4.74 Å². The molecule has 0 aliphatic rings. The molecule has 0 N–H and O–H groups in total. The van der Waals surface area contributed by atoms with E-state index in [1.54, 1.807) is 7.11 Å². The topological polar surface area (TPSA) is 39.4 Å². The first kappa shape index (κ1) is 15.0. The molecule has 4 nitrogen and oxygen atoms in total. The number of hydrogen-bond donors (Lipinski definition) is 0. The number of aliphatic imine (C=N–C) groups is 1. The minimum atomic E-state index is 0.738. The van der Waals surface area contributed by atoms with Crippen molar-refractivity contribution in [3.63, 3.8) is 0 Å². The molecule has 0 fully saturated rings. The van der Waals surface area contributed by atoms with Crippen molar-refractivity contribution >= 4 is 11.5 Å². The Morgan fingerprint density at radius 1 is 1.00 bits per heavy atom. The Hall–Kier alpha value is -2.88. The van der Waals surface area contributed by atoms with Gasteiger partial charge in [0.1, 0.15) is 11.4 Å². The molecule has 0 aliphatic heterocycles. The van der Waals surface area contributed by atoms with Crippen molar-refractivity contribution < 1.29 is 4.74 Å². The van der Waals surface area contributed by atoms with Crippen LogP contribution in [-0.2, 0) is 0 Å². The first-order valence-corrected chi connectivity index (χ1v) is 7.49. The van der Waals surface area contributed by atoms with Crippen LogP contribution in [0, 0.1) is 13.8 Å². The van der Waals surface area contributed by atoms with Crippen LogP contribution in [0.4, 0.5) is 5.69 Å². The molecule has 0 atom stereocenters. The van der Waals surface area contributed by atoms with Crippen molar-refractivity contribution in [3.8, 4) is 5.75 Å². The molecule has 3 aromatic rings. The molecule has 0 spiro atoms. The van der Waals surface area contributed by atoms with E-state index < -0.39 is 0 Å². The number of methoxy groups -OCH3 is 1. The van der Waals surface area contributed by atoms with Crippen LogP contribution in [-0.4, -0.2) is 22.7 Å².